The summed E-state index contributed by atoms with van der Waals surface area (Å²) >= 11 is 0. The number of urea groups is 1. The highest BCUT2D eigenvalue weighted by Gasteiger charge is 2.17. The van der Waals surface area contributed by atoms with E-state index in [1.807, 2.05) is 48.5 Å². The number of anilines is 4. The number of aromatic nitrogens is 7. The normalized spacial score (nSPS) is 13.3. The van der Waals surface area contributed by atoms with Gasteiger partial charge in [-0.2, -0.15) is 15.2 Å². The first kappa shape index (κ1) is 35.4. The molecule has 0 radical (unpaired) electrons. The SMILES string of the molecule is CCCCc1cc(NC(=O)Nc2ccc(Oc3ccnc(Nc4ccc5[nH]ncc5c4)n3)c3ccccc23)n(-c2ccc(=O)n(CCN3CCOCC3)c2)n1. The number of aromatic amines is 1. The molecular formula is C40H41N11O4. The fourth-order valence-corrected chi connectivity index (χ4v) is 6.55. The van der Waals surface area contributed by atoms with Crippen molar-refractivity contribution < 1.29 is 14.3 Å². The molecule has 1 aliphatic heterocycles. The van der Waals surface area contributed by atoms with Gasteiger partial charge >= 0.3 is 6.03 Å². The number of morpholine rings is 1. The molecule has 280 valence electrons. The van der Waals surface area contributed by atoms with Gasteiger partial charge in [0.05, 0.1) is 42.0 Å². The molecule has 0 bridgehead atoms. The second-order valence-electron chi connectivity index (χ2n) is 13.3. The summed E-state index contributed by atoms with van der Waals surface area (Å²) in [6.45, 7) is 6.47. The quantitative estimate of drug-likeness (QED) is 0.0998. The minimum Gasteiger partial charge on any atom is -0.438 e. The fourth-order valence-electron chi connectivity index (χ4n) is 6.55. The van der Waals surface area contributed by atoms with Gasteiger partial charge in [-0.1, -0.05) is 37.6 Å². The zero-order valence-corrected chi connectivity index (χ0v) is 30.4. The third kappa shape index (κ3) is 8.32. The van der Waals surface area contributed by atoms with Crippen LogP contribution < -0.4 is 26.2 Å². The van der Waals surface area contributed by atoms with Crippen LogP contribution in [-0.4, -0.2) is 78.3 Å². The Labute approximate surface area is 316 Å². The second-order valence-corrected chi connectivity index (χ2v) is 13.3. The Morgan fingerprint density at radius 1 is 0.964 bits per heavy atom. The highest BCUT2D eigenvalue weighted by molar-refractivity contribution is 6.07. The van der Waals surface area contributed by atoms with Crippen LogP contribution in [0.15, 0.2) is 102 Å². The van der Waals surface area contributed by atoms with Crippen LogP contribution in [0.3, 0.4) is 0 Å². The van der Waals surface area contributed by atoms with Gasteiger partial charge in [0.1, 0.15) is 11.6 Å². The van der Waals surface area contributed by atoms with Crippen LogP contribution >= 0.6 is 0 Å². The molecule has 2 amide bonds. The van der Waals surface area contributed by atoms with Gasteiger partial charge in [-0.05, 0) is 49.2 Å². The van der Waals surface area contributed by atoms with Crippen molar-refractivity contribution in [3.63, 3.8) is 0 Å². The average Bonchev–Trinajstić information content (AvgIpc) is 3.85. The molecule has 1 saturated heterocycles. The fraction of sp³-hybridized carbons (Fsp3) is 0.250. The third-order valence-electron chi connectivity index (χ3n) is 9.43. The van der Waals surface area contributed by atoms with Crippen molar-refractivity contribution >= 4 is 50.8 Å². The number of amides is 2. The van der Waals surface area contributed by atoms with Crippen LogP contribution in [-0.2, 0) is 17.7 Å². The number of pyridine rings is 1. The number of nitrogens with zero attached hydrogens (tertiary/aromatic N) is 7. The van der Waals surface area contributed by atoms with E-state index in [2.05, 4.69) is 47.9 Å². The van der Waals surface area contributed by atoms with Crippen LogP contribution in [0.2, 0.25) is 0 Å². The zero-order chi connectivity index (χ0) is 37.6. The van der Waals surface area contributed by atoms with Crippen molar-refractivity contribution in [2.45, 2.75) is 32.7 Å². The summed E-state index contributed by atoms with van der Waals surface area (Å²) in [5.41, 5.74) is 3.76. The van der Waals surface area contributed by atoms with Crippen molar-refractivity contribution in [1.82, 2.24) is 39.4 Å². The number of benzene rings is 3. The standard InChI is InChI=1S/C40H41N11O4/c1-2-3-6-29-24-36(51(48-29)30-10-14-38(52)50(26-30)18-17-49-19-21-54-22-20-49)45-40(53)44-34-12-13-35(32-8-5-4-7-31(32)34)55-37-15-16-41-39(46-37)43-28-9-11-33-27(23-28)25-42-47-33/h4-5,7-16,23-26H,2-3,6,17-22H2,1H3,(H,42,47)(H,41,43,46)(H2,44,45,53). The second kappa shape index (κ2) is 16.2. The molecule has 4 aromatic heterocycles. The van der Waals surface area contributed by atoms with Crippen LogP contribution in [0.1, 0.15) is 25.5 Å². The summed E-state index contributed by atoms with van der Waals surface area (Å²) < 4.78 is 15.1. The molecule has 0 atom stereocenters. The average molecular weight is 740 g/mol. The highest BCUT2D eigenvalue weighted by atomic mass is 16.5. The number of fused-ring (bicyclic) bond motifs is 2. The molecule has 4 N–H and O–H groups in total. The summed E-state index contributed by atoms with van der Waals surface area (Å²) in [6, 6.07) is 23.5. The van der Waals surface area contributed by atoms with E-state index in [4.69, 9.17) is 14.6 Å². The molecular weight excluding hydrogens is 699 g/mol. The molecule has 0 unspecified atom stereocenters. The van der Waals surface area contributed by atoms with Gasteiger partial charge in [-0.15, -0.1) is 0 Å². The molecule has 1 aliphatic rings. The number of nitrogens with one attached hydrogen (secondary N) is 4. The van der Waals surface area contributed by atoms with E-state index < -0.39 is 6.03 Å². The summed E-state index contributed by atoms with van der Waals surface area (Å²) in [4.78, 5) is 37.7. The number of ether oxygens (including phenoxy) is 2. The molecule has 0 saturated carbocycles. The van der Waals surface area contributed by atoms with E-state index in [-0.39, 0.29) is 5.56 Å². The minimum atomic E-state index is -0.442. The summed E-state index contributed by atoms with van der Waals surface area (Å²) in [6.07, 6.45) is 7.90. The molecule has 0 aliphatic carbocycles. The maximum Gasteiger partial charge on any atom is 0.324 e. The van der Waals surface area contributed by atoms with E-state index in [9.17, 15) is 9.59 Å². The molecule has 55 heavy (non-hydrogen) atoms. The van der Waals surface area contributed by atoms with Crippen LogP contribution in [0.4, 0.5) is 27.9 Å². The number of hydrogen-bond acceptors (Lipinski definition) is 10. The molecule has 15 nitrogen and oxygen atoms in total. The Bertz CT molecular complexity index is 2500. The maximum absolute atomic E-state index is 13.7. The number of unbranched alkanes of at least 4 members (excludes halogenated alkanes) is 1. The van der Waals surface area contributed by atoms with Gasteiger partial charge in [0.2, 0.25) is 11.8 Å². The Kier molecular flexibility index (Phi) is 10.4. The molecule has 3 aromatic carbocycles. The number of carbonyl (C=O) groups is 1. The van der Waals surface area contributed by atoms with Crippen molar-refractivity contribution in [3.8, 4) is 17.3 Å². The van der Waals surface area contributed by atoms with Crippen molar-refractivity contribution in [2.24, 2.45) is 0 Å². The van der Waals surface area contributed by atoms with Crippen molar-refractivity contribution in [3.05, 3.63) is 114 Å². The predicted octanol–water partition coefficient (Wildman–Crippen LogP) is 6.71. The smallest absolute Gasteiger partial charge is 0.324 e. The van der Waals surface area contributed by atoms with Gasteiger partial charge in [-0.25, -0.2) is 14.5 Å². The molecule has 5 heterocycles. The first-order valence-corrected chi connectivity index (χ1v) is 18.4. The topological polar surface area (TPSA) is 169 Å². The van der Waals surface area contributed by atoms with Crippen LogP contribution in [0.5, 0.6) is 11.6 Å². The van der Waals surface area contributed by atoms with E-state index in [0.29, 0.717) is 54.5 Å². The summed E-state index contributed by atoms with van der Waals surface area (Å²) in [7, 11) is 0. The van der Waals surface area contributed by atoms with Gasteiger partial charge in [0.15, 0.2) is 0 Å². The molecule has 0 spiro atoms. The van der Waals surface area contributed by atoms with Crippen molar-refractivity contribution in [1.29, 1.82) is 0 Å². The number of aryl methyl sites for hydroxylation is 1. The van der Waals surface area contributed by atoms with Gasteiger partial charge in [-0.3, -0.25) is 20.1 Å². The molecule has 1 fully saturated rings. The first-order chi connectivity index (χ1) is 27.0. The highest BCUT2D eigenvalue weighted by Crippen LogP contribution is 2.34. The van der Waals surface area contributed by atoms with E-state index in [0.717, 1.165) is 72.0 Å². The summed E-state index contributed by atoms with van der Waals surface area (Å²) in [5, 5.41) is 23.6. The molecule has 15 heteroatoms. The predicted molar refractivity (Wildman–Crippen MR) is 212 cm³/mol. The monoisotopic (exact) mass is 739 g/mol. The van der Waals surface area contributed by atoms with Crippen LogP contribution in [0.25, 0.3) is 27.4 Å². The molecule has 7 aromatic rings. The lowest BCUT2D eigenvalue weighted by molar-refractivity contribution is 0.0363. The Balaban J connectivity index is 0.993. The minimum absolute atomic E-state index is 0.0951. The number of rotatable bonds is 13. The Morgan fingerprint density at radius 3 is 2.71 bits per heavy atom. The molecule has 8 rings (SSSR count). The maximum atomic E-state index is 13.7. The number of hydrogen-bond donors (Lipinski definition) is 4. The van der Waals surface area contributed by atoms with E-state index in [1.165, 1.54) is 0 Å². The third-order valence-corrected chi connectivity index (χ3v) is 9.43. The number of carbonyl (C=O) groups excluding carboxylic acids is 1. The van der Waals surface area contributed by atoms with Gasteiger partial charge in [0.25, 0.3) is 5.56 Å². The van der Waals surface area contributed by atoms with Crippen molar-refractivity contribution in [2.75, 3.05) is 48.8 Å². The Morgan fingerprint density at radius 2 is 1.84 bits per heavy atom. The van der Waals surface area contributed by atoms with E-state index in [1.54, 1.807) is 58.2 Å². The van der Waals surface area contributed by atoms with Gasteiger partial charge in [0, 0.05) is 78.6 Å². The zero-order valence-electron chi connectivity index (χ0n) is 30.4. The van der Waals surface area contributed by atoms with E-state index >= 15 is 0 Å². The van der Waals surface area contributed by atoms with Gasteiger partial charge < -0.3 is 24.7 Å². The lowest BCUT2D eigenvalue weighted by Crippen LogP contribution is -2.39. The first-order valence-electron chi connectivity index (χ1n) is 18.4. The number of H-pyrrole nitrogens is 1. The lowest BCUT2D eigenvalue weighted by atomic mass is 10.1. The largest absolute Gasteiger partial charge is 0.438 e. The Hall–Kier alpha value is -6.58. The van der Waals surface area contributed by atoms with Crippen LogP contribution in [0, 0.1) is 0 Å². The lowest BCUT2D eigenvalue weighted by Gasteiger charge is -2.26. The summed E-state index contributed by atoms with van der Waals surface area (Å²) in [5.74, 6) is 1.78.